The molecule has 9 nitrogen and oxygen atoms in total. The fraction of sp³-hybridized carbons (Fsp3) is 0.269. The van der Waals surface area contributed by atoms with Gasteiger partial charge in [0, 0.05) is 12.5 Å². The average molecular weight is 504 g/mol. The molecule has 36 heavy (non-hydrogen) atoms. The molecule has 5 rings (SSSR count). The van der Waals surface area contributed by atoms with E-state index in [1.54, 1.807) is 0 Å². The first kappa shape index (κ1) is 23.7. The van der Waals surface area contributed by atoms with Crippen LogP contribution < -0.4 is 22.3 Å². The molecule has 2 atom stereocenters. The van der Waals surface area contributed by atoms with Crippen LogP contribution >= 0.6 is 11.3 Å². The molecule has 5 N–H and O–H groups in total. The van der Waals surface area contributed by atoms with Crippen molar-refractivity contribution in [2.75, 3.05) is 5.73 Å². The van der Waals surface area contributed by atoms with Crippen molar-refractivity contribution >= 4 is 38.9 Å². The molecule has 184 valence electrons. The van der Waals surface area contributed by atoms with Crippen molar-refractivity contribution in [1.29, 1.82) is 0 Å². The highest BCUT2D eigenvalue weighted by Crippen LogP contribution is 2.31. The van der Waals surface area contributed by atoms with Gasteiger partial charge in [0.15, 0.2) is 5.78 Å². The monoisotopic (exact) mass is 503 g/mol. The zero-order valence-corrected chi connectivity index (χ0v) is 20.2. The smallest absolute Gasteiger partial charge is 0.326 e. The predicted molar refractivity (Wildman–Crippen MR) is 139 cm³/mol. The molecular weight excluding hydrogens is 478 g/mol. The number of fused-ring (bicyclic) bond motifs is 1. The van der Waals surface area contributed by atoms with Gasteiger partial charge in [0.05, 0.1) is 16.6 Å². The number of amides is 1. The first-order valence-electron chi connectivity index (χ1n) is 11.7. The van der Waals surface area contributed by atoms with Gasteiger partial charge in [-0.2, -0.15) is 0 Å². The van der Waals surface area contributed by atoms with E-state index in [-0.39, 0.29) is 47.9 Å². The van der Waals surface area contributed by atoms with E-state index in [4.69, 9.17) is 5.73 Å². The van der Waals surface area contributed by atoms with E-state index in [1.807, 2.05) is 35.3 Å². The summed E-state index contributed by atoms with van der Waals surface area (Å²) in [6.45, 7) is 0. The Balaban J connectivity index is 1.17. The molecule has 0 spiro atoms. The topological polar surface area (TPSA) is 151 Å². The van der Waals surface area contributed by atoms with E-state index in [0.29, 0.717) is 6.42 Å². The van der Waals surface area contributed by atoms with Crippen molar-refractivity contribution in [2.45, 2.75) is 38.1 Å². The molecule has 2 aromatic heterocycles. The van der Waals surface area contributed by atoms with Crippen molar-refractivity contribution in [3.63, 3.8) is 0 Å². The fourth-order valence-corrected chi connectivity index (χ4v) is 5.75. The summed E-state index contributed by atoms with van der Waals surface area (Å²) in [4.78, 5) is 57.4. The third kappa shape index (κ3) is 5.13. The normalized spacial score (nSPS) is 17.3. The van der Waals surface area contributed by atoms with Gasteiger partial charge in [-0.15, -0.1) is 11.3 Å². The predicted octanol–water partition coefficient (Wildman–Crippen LogP) is 3.02. The van der Waals surface area contributed by atoms with Crippen LogP contribution in [0, 0.1) is 5.92 Å². The number of nitrogen functional groups attached to an aromatic ring is 1. The first-order chi connectivity index (χ1) is 17.4. The van der Waals surface area contributed by atoms with E-state index in [2.05, 4.69) is 33.5 Å². The van der Waals surface area contributed by atoms with Crippen LogP contribution in [0.1, 0.15) is 41.2 Å². The lowest BCUT2D eigenvalue weighted by molar-refractivity contribution is -0.121. The lowest BCUT2D eigenvalue weighted by Gasteiger charge is -2.13. The number of nitrogens with one attached hydrogen (secondary N) is 3. The number of H-pyrrole nitrogens is 2. The Morgan fingerprint density at radius 1 is 1.06 bits per heavy atom. The van der Waals surface area contributed by atoms with E-state index in [0.717, 1.165) is 39.2 Å². The molecule has 0 saturated heterocycles. The summed E-state index contributed by atoms with van der Waals surface area (Å²) in [5.41, 5.74) is 6.81. The van der Waals surface area contributed by atoms with Crippen molar-refractivity contribution < 1.29 is 9.59 Å². The number of benzene rings is 2. The molecule has 2 unspecified atom stereocenters. The van der Waals surface area contributed by atoms with Gasteiger partial charge in [-0.1, -0.05) is 36.4 Å². The maximum absolute atomic E-state index is 12.7. The molecule has 2 heterocycles. The highest BCUT2D eigenvalue weighted by Gasteiger charge is 2.29. The molecule has 10 heteroatoms. The number of nitrogens with two attached hydrogens (primary N) is 1. The number of carbonyl (C=O) groups is 2. The zero-order valence-electron chi connectivity index (χ0n) is 19.4. The number of Topliss-reactive ketones (excluding diaryl/α,β-unsaturated/α-hetero) is 1. The molecular formula is C26H25N5O4S. The molecule has 1 aliphatic rings. The molecule has 1 saturated carbocycles. The maximum Gasteiger partial charge on any atom is 0.326 e. The molecule has 0 radical (unpaired) electrons. The molecule has 1 fully saturated rings. The second-order valence-corrected chi connectivity index (χ2v) is 10.2. The minimum absolute atomic E-state index is 0.0313. The average Bonchev–Trinajstić information content (AvgIpc) is 3.46. The highest BCUT2D eigenvalue weighted by atomic mass is 32.1. The zero-order chi connectivity index (χ0) is 25.2. The fourth-order valence-electron chi connectivity index (χ4n) is 4.75. The lowest BCUT2D eigenvalue weighted by atomic mass is 9.98. The number of thiazole rings is 1. The largest absolute Gasteiger partial charge is 0.392 e. The standard InChI is InChI=1S/C26H25N5O4S/c27-23-24(30-26(35)31-25(23)34)19(32)11-14-6-8-17(10-14)28-21(33)13-22-29-18-9-7-16(12-20(18)36-22)15-4-2-1-3-5-15/h1-5,7,9,12,14,17H,6,8,10-11,13,27H2,(H,28,33)(H2,30,31,34,35). The Hall–Kier alpha value is -4.05. The van der Waals surface area contributed by atoms with Crippen LogP contribution in [-0.2, 0) is 11.2 Å². The van der Waals surface area contributed by atoms with Crippen molar-refractivity contribution in [3.05, 3.63) is 80.1 Å². The van der Waals surface area contributed by atoms with Gasteiger partial charge in [0.2, 0.25) is 5.91 Å². The summed E-state index contributed by atoms with van der Waals surface area (Å²) in [7, 11) is 0. The molecule has 1 aliphatic carbocycles. The van der Waals surface area contributed by atoms with Gasteiger partial charge in [0.25, 0.3) is 5.56 Å². The SMILES string of the molecule is Nc1c(C(=O)CC2CCC(NC(=O)Cc3nc4ccc(-c5ccccc5)cc4s3)C2)[nH]c(=O)[nH]c1=O. The van der Waals surface area contributed by atoms with Gasteiger partial charge in [-0.3, -0.25) is 19.4 Å². The van der Waals surface area contributed by atoms with Crippen molar-refractivity contribution in [2.24, 2.45) is 5.92 Å². The minimum Gasteiger partial charge on any atom is -0.392 e. The summed E-state index contributed by atoms with van der Waals surface area (Å²) >= 11 is 1.52. The van der Waals surface area contributed by atoms with Gasteiger partial charge < -0.3 is 16.0 Å². The third-order valence-corrected chi connectivity index (χ3v) is 7.51. The number of rotatable bonds is 7. The van der Waals surface area contributed by atoms with Crippen LogP contribution in [0.5, 0.6) is 0 Å². The molecule has 4 aromatic rings. The van der Waals surface area contributed by atoms with Crippen LogP contribution in [-0.4, -0.2) is 32.7 Å². The van der Waals surface area contributed by atoms with E-state index >= 15 is 0 Å². The van der Waals surface area contributed by atoms with E-state index in [9.17, 15) is 19.2 Å². The Morgan fingerprint density at radius 2 is 1.86 bits per heavy atom. The van der Waals surface area contributed by atoms with Crippen LogP contribution in [0.4, 0.5) is 5.69 Å². The number of carbonyl (C=O) groups excluding carboxylic acids is 2. The highest BCUT2D eigenvalue weighted by molar-refractivity contribution is 7.18. The second kappa shape index (κ2) is 9.90. The van der Waals surface area contributed by atoms with E-state index < -0.39 is 11.2 Å². The van der Waals surface area contributed by atoms with Crippen molar-refractivity contribution in [3.8, 4) is 11.1 Å². The second-order valence-electron chi connectivity index (χ2n) is 9.10. The van der Waals surface area contributed by atoms with Crippen LogP contribution in [0.2, 0.25) is 0 Å². The third-order valence-electron chi connectivity index (χ3n) is 6.49. The Morgan fingerprint density at radius 3 is 2.67 bits per heavy atom. The van der Waals surface area contributed by atoms with Crippen LogP contribution in [0.3, 0.4) is 0 Å². The lowest BCUT2D eigenvalue weighted by Crippen LogP contribution is -2.34. The molecule has 0 bridgehead atoms. The summed E-state index contributed by atoms with van der Waals surface area (Å²) in [6, 6.07) is 16.2. The van der Waals surface area contributed by atoms with Gasteiger partial charge >= 0.3 is 5.69 Å². The maximum atomic E-state index is 12.7. The Labute approximate surface area is 209 Å². The summed E-state index contributed by atoms with van der Waals surface area (Å²) in [5.74, 6) is -0.446. The number of nitrogens with zero attached hydrogens (tertiary/aromatic N) is 1. The number of aromatic nitrogens is 3. The van der Waals surface area contributed by atoms with Gasteiger partial charge in [-0.25, -0.2) is 9.78 Å². The van der Waals surface area contributed by atoms with Gasteiger partial charge in [-0.05, 0) is 48.4 Å². The first-order valence-corrected chi connectivity index (χ1v) is 12.6. The Kier molecular flexibility index (Phi) is 6.51. The number of hydrogen-bond donors (Lipinski definition) is 4. The Bertz CT molecular complexity index is 1560. The number of aromatic amines is 2. The van der Waals surface area contributed by atoms with Gasteiger partial charge in [0.1, 0.15) is 16.4 Å². The summed E-state index contributed by atoms with van der Waals surface area (Å²) in [5, 5.41) is 3.82. The summed E-state index contributed by atoms with van der Waals surface area (Å²) in [6.07, 6.45) is 2.51. The number of hydrogen-bond acceptors (Lipinski definition) is 7. The summed E-state index contributed by atoms with van der Waals surface area (Å²) < 4.78 is 1.04. The molecule has 0 aliphatic heterocycles. The quantitative estimate of drug-likeness (QED) is 0.285. The molecule has 1 amide bonds. The minimum atomic E-state index is -0.773. The molecule has 2 aromatic carbocycles. The van der Waals surface area contributed by atoms with E-state index in [1.165, 1.54) is 11.3 Å². The number of anilines is 1. The van der Waals surface area contributed by atoms with Crippen molar-refractivity contribution in [1.82, 2.24) is 20.3 Å². The van der Waals surface area contributed by atoms with Crippen LogP contribution in [0.25, 0.3) is 21.3 Å². The number of ketones is 1. The van der Waals surface area contributed by atoms with Crippen LogP contribution in [0.15, 0.2) is 58.1 Å².